The molecule has 1 aliphatic heterocycles. The summed E-state index contributed by atoms with van der Waals surface area (Å²) in [4.78, 5) is 4.77. The van der Waals surface area contributed by atoms with Crippen molar-refractivity contribution in [3.05, 3.63) is 30.1 Å². The van der Waals surface area contributed by atoms with Gasteiger partial charge in [-0.2, -0.15) is 0 Å². The molecule has 0 N–H and O–H groups in total. The van der Waals surface area contributed by atoms with Crippen LogP contribution >= 0.6 is 0 Å². The second kappa shape index (κ2) is 6.75. The lowest BCUT2D eigenvalue weighted by Crippen LogP contribution is -2.44. The van der Waals surface area contributed by atoms with Gasteiger partial charge in [-0.1, -0.05) is 0 Å². The van der Waals surface area contributed by atoms with E-state index < -0.39 is 0 Å². The van der Waals surface area contributed by atoms with Crippen molar-refractivity contribution in [1.29, 1.82) is 0 Å². The van der Waals surface area contributed by atoms with E-state index in [0.717, 1.165) is 18.8 Å². The first-order valence-corrected chi connectivity index (χ1v) is 7.68. The number of halogens is 1. The van der Waals surface area contributed by atoms with Crippen molar-refractivity contribution >= 4 is 0 Å². The van der Waals surface area contributed by atoms with Gasteiger partial charge in [0.1, 0.15) is 18.2 Å². The van der Waals surface area contributed by atoms with Gasteiger partial charge in [-0.15, -0.1) is 0 Å². The van der Waals surface area contributed by atoms with Crippen LogP contribution < -0.4 is 4.74 Å². The van der Waals surface area contributed by atoms with Gasteiger partial charge in [0.25, 0.3) is 0 Å². The molecular weight excluding hydrogens is 267 g/mol. The largest absolute Gasteiger partial charge is 0.492 e. The fourth-order valence-electron chi connectivity index (χ4n) is 2.93. The van der Waals surface area contributed by atoms with Crippen LogP contribution in [0.1, 0.15) is 20.3 Å². The lowest BCUT2D eigenvalue weighted by molar-refractivity contribution is 0.134. The Morgan fingerprint density at radius 3 is 2.57 bits per heavy atom. The van der Waals surface area contributed by atoms with Crippen LogP contribution in [0.3, 0.4) is 0 Å². The van der Waals surface area contributed by atoms with Gasteiger partial charge in [-0.3, -0.25) is 0 Å². The second-order valence-electron chi connectivity index (χ2n) is 6.63. The maximum Gasteiger partial charge on any atom is 0.123 e. The highest BCUT2D eigenvalue weighted by molar-refractivity contribution is 5.21. The Morgan fingerprint density at radius 2 is 2.00 bits per heavy atom. The van der Waals surface area contributed by atoms with Crippen molar-refractivity contribution in [2.75, 3.05) is 40.3 Å². The van der Waals surface area contributed by atoms with Crippen LogP contribution in [0.15, 0.2) is 24.3 Å². The maximum absolute atomic E-state index is 12.8. The normalized spacial score (nSPS) is 21.9. The van der Waals surface area contributed by atoms with Crippen LogP contribution in [0.4, 0.5) is 4.39 Å². The molecule has 1 aromatic rings. The minimum atomic E-state index is -0.230. The van der Waals surface area contributed by atoms with E-state index in [4.69, 9.17) is 4.74 Å². The van der Waals surface area contributed by atoms with Crippen molar-refractivity contribution in [2.24, 2.45) is 5.92 Å². The number of hydrogen-bond donors (Lipinski definition) is 0. The standard InChI is InChI=1S/C17H27FN2O/c1-17(2)14(9-10-20(17)4)13-19(3)11-12-21-16-7-5-15(18)6-8-16/h5-8,14H,9-13H2,1-4H3/t14-/m0/s1. The molecule has 0 aromatic heterocycles. The highest BCUT2D eigenvalue weighted by atomic mass is 19.1. The number of benzene rings is 1. The van der Waals surface area contributed by atoms with E-state index in [1.54, 1.807) is 12.1 Å². The Labute approximate surface area is 127 Å². The Balaban J connectivity index is 1.73. The zero-order chi connectivity index (χ0) is 15.5. The Bertz CT molecular complexity index is 447. The fraction of sp³-hybridized carbons (Fsp3) is 0.647. The summed E-state index contributed by atoms with van der Waals surface area (Å²) in [5, 5.41) is 0. The number of hydrogen-bond acceptors (Lipinski definition) is 3. The van der Waals surface area contributed by atoms with Crippen LogP contribution in [0, 0.1) is 11.7 Å². The highest BCUT2D eigenvalue weighted by Gasteiger charge is 2.39. The zero-order valence-electron chi connectivity index (χ0n) is 13.6. The molecule has 0 spiro atoms. The van der Waals surface area contributed by atoms with E-state index in [0.29, 0.717) is 12.5 Å². The molecule has 0 aliphatic carbocycles. The second-order valence-corrected chi connectivity index (χ2v) is 6.63. The maximum atomic E-state index is 12.8. The van der Waals surface area contributed by atoms with Gasteiger partial charge in [0.2, 0.25) is 0 Å². The Morgan fingerprint density at radius 1 is 1.33 bits per heavy atom. The van der Waals surface area contributed by atoms with Crippen molar-refractivity contribution in [3.8, 4) is 5.75 Å². The predicted molar refractivity (Wildman–Crippen MR) is 84.2 cm³/mol. The average molecular weight is 294 g/mol. The first-order chi connectivity index (χ1) is 9.89. The monoisotopic (exact) mass is 294 g/mol. The molecule has 1 fully saturated rings. The molecule has 0 unspecified atom stereocenters. The van der Waals surface area contributed by atoms with E-state index in [1.807, 2.05) is 0 Å². The molecule has 0 bridgehead atoms. The summed E-state index contributed by atoms with van der Waals surface area (Å²) in [5.74, 6) is 1.19. The molecule has 1 aromatic carbocycles. The lowest BCUT2D eigenvalue weighted by atomic mass is 9.88. The van der Waals surface area contributed by atoms with Gasteiger partial charge >= 0.3 is 0 Å². The van der Waals surface area contributed by atoms with Crippen molar-refractivity contribution in [3.63, 3.8) is 0 Å². The first kappa shape index (κ1) is 16.2. The van der Waals surface area contributed by atoms with Crippen LogP contribution in [-0.2, 0) is 0 Å². The number of likely N-dealkylation sites (tertiary alicyclic amines) is 1. The molecule has 21 heavy (non-hydrogen) atoms. The summed E-state index contributed by atoms with van der Waals surface area (Å²) in [6.45, 7) is 8.43. The van der Waals surface area contributed by atoms with Gasteiger partial charge in [0.05, 0.1) is 0 Å². The van der Waals surface area contributed by atoms with E-state index in [9.17, 15) is 4.39 Å². The zero-order valence-corrected chi connectivity index (χ0v) is 13.6. The summed E-state index contributed by atoms with van der Waals surface area (Å²) in [6.07, 6.45) is 1.26. The van der Waals surface area contributed by atoms with Crippen molar-refractivity contribution in [1.82, 2.24) is 9.80 Å². The highest BCUT2D eigenvalue weighted by Crippen LogP contribution is 2.33. The topological polar surface area (TPSA) is 15.7 Å². The van der Waals surface area contributed by atoms with E-state index in [-0.39, 0.29) is 11.4 Å². The minimum Gasteiger partial charge on any atom is -0.492 e. The number of nitrogens with zero attached hydrogens (tertiary/aromatic N) is 2. The molecule has 1 aliphatic rings. The summed E-state index contributed by atoms with van der Waals surface area (Å²) in [6, 6.07) is 6.20. The average Bonchev–Trinajstić information content (AvgIpc) is 2.68. The predicted octanol–water partition coefficient (Wildman–Crippen LogP) is 2.87. The molecule has 3 nitrogen and oxygen atoms in total. The quantitative estimate of drug-likeness (QED) is 0.802. The van der Waals surface area contributed by atoms with Gasteiger partial charge in [0.15, 0.2) is 0 Å². The lowest BCUT2D eigenvalue weighted by Gasteiger charge is -2.35. The summed E-state index contributed by atoms with van der Waals surface area (Å²) in [5.41, 5.74) is 0.270. The molecular formula is C17H27FN2O. The van der Waals surface area contributed by atoms with Gasteiger partial charge < -0.3 is 14.5 Å². The van der Waals surface area contributed by atoms with Crippen molar-refractivity contribution < 1.29 is 9.13 Å². The van der Waals surface area contributed by atoms with Crippen LogP contribution in [0.25, 0.3) is 0 Å². The van der Waals surface area contributed by atoms with Crippen LogP contribution in [-0.4, -0.2) is 55.7 Å². The number of rotatable bonds is 6. The van der Waals surface area contributed by atoms with Gasteiger partial charge in [0, 0.05) is 18.6 Å². The number of ether oxygens (including phenoxy) is 1. The third-order valence-electron chi connectivity index (χ3n) is 4.88. The van der Waals surface area contributed by atoms with E-state index in [1.165, 1.54) is 25.1 Å². The molecule has 4 heteroatoms. The van der Waals surface area contributed by atoms with Crippen LogP contribution in [0.2, 0.25) is 0 Å². The molecule has 2 rings (SSSR count). The summed E-state index contributed by atoms with van der Waals surface area (Å²) in [7, 11) is 4.35. The third-order valence-corrected chi connectivity index (χ3v) is 4.88. The molecule has 1 saturated heterocycles. The fourth-order valence-corrected chi connectivity index (χ4v) is 2.93. The smallest absolute Gasteiger partial charge is 0.123 e. The van der Waals surface area contributed by atoms with Gasteiger partial charge in [-0.05, 0) is 71.1 Å². The Kier molecular flexibility index (Phi) is 5.22. The molecule has 1 atom stereocenters. The summed E-state index contributed by atoms with van der Waals surface area (Å²) < 4.78 is 18.5. The van der Waals surface area contributed by atoms with Crippen molar-refractivity contribution in [2.45, 2.75) is 25.8 Å². The first-order valence-electron chi connectivity index (χ1n) is 7.68. The number of likely N-dealkylation sites (N-methyl/N-ethyl adjacent to an activating group) is 1. The van der Waals surface area contributed by atoms with E-state index in [2.05, 4.69) is 37.7 Å². The molecule has 0 saturated carbocycles. The SMILES string of the molecule is CN(CCOc1ccc(F)cc1)C[C@@H]1CCN(C)C1(C)C. The third kappa shape index (κ3) is 4.17. The van der Waals surface area contributed by atoms with E-state index >= 15 is 0 Å². The Hall–Kier alpha value is -1.13. The molecule has 1 heterocycles. The summed E-state index contributed by atoms with van der Waals surface area (Å²) >= 11 is 0. The minimum absolute atomic E-state index is 0.230. The molecule has 0 radical (unpaired) electrons. The molecule has 0 amide bonds. The van der Waals surface area contributed by atoms with Crippen LogP contribution in [0.5, 0.6) is 5.75 Å². The molecule has 118 valence electrons. The van der Waals surface area contributed by atoms with Gasteiger partial charge in [-0.25, -0.2) is 4.39 Å².